The van der Waals surface area contributed by atoms with Crippen LogP contribution in [0.25, 0.3) is 55.0 Å². The second-order valence-corrected chi connectivity index (χ2v) is 10.4. The second kappa shape index (κ2) is 9.61. The molecule has 8 rings (SSSR count). The number of para-hydroxylation sites is 1. The van der Waals surface area contributed by atoms with E-state index in [0.29, 0.717) is 0 Å². The summed E-state index contributed by atoms with van der Waals surface area (Å²) >= 11 is 0. The van der Waals surface area contributed by atoms with Gasteiger partial charge in [-0.05, 0) is 63.9 Å². The van der Waals surface area contributed by atoms with Crippen molar-refractivity contribution in [1.82, 2.24) is 19.9 Å². The number of hydrogen-bond donors (Lipinski definition) is 1. The molecule has 4 aromatic carbocycles. The first kappa shape index (κ1) is 23.4. The Hall–Kier alpha value is -5.48. The van der Waals surface area contributed by atoms with E-state index >= 15 is 0 Å². The number of pyridine rings is 2. The van der Waals surface area contributed by atoms with E-state index in [0.717, 1.165) is 39.0 Å². The molecule has 4 heterocycles. The molecule has 0 spiro atoms. The fourth-order valence-corrected chi connectivity index (χ4v) is 5.89. The van der Waals surface area contributed by atoms with E-state index < -0.39 is 0 Å². The fraction of sp³-hybridized carbons (Fsp3) is 0.0270. The summed E-state index contributed by atoms with van der Waals surface area (Å²) in [5, 5.41) is 8.41. The van der Waals surface area contributed by atoms with E-state index in [-0.39, 0.29) is 6.04 Å². The first-order valence-corrected chi connectivity index (χ1v) is 13.9. The molecule has 0 saturated carbocycles. The number of aromatic nitrogens is 3. The monoisotopic (exact) mass is 526 g/mol. The maximum absolute atomic E-state index is 4.81. The van der Waals surface area contributed by atoms with Crippen molar-refractivity contribution in [2.24, 2.45) is 0 Å². The Morgan fingerprint density at radius 1 is 0.634 bits per heavy atom. The van der Waals surface area contributed by atoms with Crippen LogP contribution in [-0.2, 0) is 0 Å². The van der Waals surface area contributed by atoms with Crippen LogP contribution in [0.2, 0.25) is 0 Å². The number of nitrogens with one attached hydrogen (secondary N) is 1. The van der Waals surface area contributed by atoms with Crippen LogP contribution in [0.3, 0.4) is 0 Å². The summed E-state index contributed by atoms with van der Waals surface area (Å²) in [6, 6.07) is 38.6. The summed E-state index contributed by atoms with van der Waals surface area (Å²) in [5.41, 5.74) is 9.04. The molecule has 0 bridgehead atoms. The quantitative estimate of drug-likeness (QED) is 0.250. The van der Waals surface area contributed by atoms with Crippen LogP contribution in [-0.4, -0.2) is 14.5 Å². The Balaban J connectivity index is 1.06. The van der Waals surface area contributed by atoms with E-state index in [2.05, 4.69) is 142 Å². The average Bonchev–Trinajstić information content (AvgIpc) is 3.39. The van der Waals surface area contributed by atoms with Gasteiger partial charge in [0.2, 0.25) is 0 Å². The third-order valence-electron chi connectivity index (χ3n) is 7.99. The minimum atomic E-state index is 0.0254. The van der Waals surface area contributed by atoms with Gasteiger partial charge in [-0.15, -0.1) is 0 Å². The van der Waals surface area contributed by atoms with Crippen molar-refractivity contribution in [1.29, 1.82) is 0 Å². The molecule has 0 fully saturated rings. The molecule has 4 heteroatoms. The number of nitrogens with zero attached hydrogens (tertiary/aromatic N) is 3. The van der Waals surface area contributed by atoms with Crippen LogP contribution in [0.15, 0.2) is 146 Å². The smallest absolute Gasteiger partial charge is 0.0868 e. The van der Waals surface area contributed by atoms with Gasteiger partial charge in [0.05, 0.1) is 22.8 Å². The Morgan fingerprint density at radius 2 is 1.49 bits per heavy atom. The summed E-state index contributed by atoms with van der Waals surface area (Å²) in [6.45, 7) is 0. The number of dihydropyridines is 1. The lowest BCUT2D eigenvalue weighted by Gasteiger charge is -2.19. The number of fused-ring (bicyclic) bond motifs is 4. The number of benzene rings is 4. The average molecular weight is 527 g/mol. The molecule has 0 aliphatic carbocycles. The van der Waals surface area contributed by atoms with E-state index in [1.807, 2.05) is 18.6 Å². The summed E-state index contributed by atoms with van der Waals surface area (Å²) in [6.07, 6.45) is 12.3. The lowest BCUT2D eigenvalue weighted by Crippen LogP contribution is -2.17. The Labute approximate surface area is 237 Å². The molecule has 1 aliphatic heterocycles. The highest BCUT2D eigenvalue weighted by Crippen LogP contribution is 2.33. The summed E-state index contributed by atoms with van der Waals surface area (Å²) < 4.78 is 2.32. The number of allylic oxidation sites excluding steroid dienone is 2. The van der Waals surface area contributed by atoms with Crippen LogP contribution in [0.5, 0.6) is 0 Å². The lowest BCUT2D eigenvalue weighted by molar-refractivity contribution is 0.724. The molecular formula is C37H26N4. The third kappa shape index (κ3) is 4.09. The molecule has 1 unspecified atom stereocenters. The standard InChI is InChI=1S/C37H26N4/c1-2-7-26-20-28(13-12-25(26)6-1)30-15-17-35(40-23-30)34-16-14-29(22-39-34)27-8-5-9-31(21-27)41-36-11-4-3-10-32(36)33-24-38-19-18-37(33)41/h1-24,34,39H. The van der Waals surface area contributed by atoms with E-state index in [1.54, 1.807) is 0 Å². The van der Waals surface area contributed by atoms with Gasteiger partial charge >= 0.3 is 0 Å². The maximum Gasteiger partial charge on any atom is 0.0868 e. The highest BCUT2D eigenvalue weighted by Gasteiger charge is 2.15. The van der Waals surface area contributed by atoms with Gasteiger partial charge < -0.3 is 9.88 Å². The first-order chi connectivity index (χ1) is 20.3. The molecule has 3 aromatic heterocycles. The Kier molecular flexibility index (Phi) is 5.49. The topological polar surface area (TPSA) is 42.7 Å². The van der Waals surface area contributed by atoms with Crippen molar-refractivity contribution in [2.45, 2.75) is 6.04 Å². The summed E-state index contributed by atoms with van der Waals surface area (Å²) in [5.74, 6) is 0. The Morgan fingerprint density at radius 3 is 2.37 bits per heavy atom. The molecule has 1 aliphatic rings. The Bertz CT molecular complexity index is 2080. The molecule has 41 heavy (non-hydrogen) atoms. The maximum atomic E-state index is 4.81. The van der Waals surface area contributed by atoms with Crippen molar-refractivity contribution in [3.05, 3.63) is 157 Å². The van der Waals surface area contributed by atoms with Crippen LogP contribution in [0.4, 0.5) is 0 Å². The molecule has 1 atom stereocenters. The minimum Gasteiger partial charge on any atom is -0.379 e. The molecule has 0 radical (unpaired) electrons. The van der Waals surface area contributed by atoms with Crippen molar-refractivity contribution in [3.8, 4) is 16.8 Å². The number of rotatable bonds is 4. The zero-order chi connectivity index (χ0) is 27.2. The molecule has 7 aromatic rings. The van der Waals surface area contributed by atoms with Gasteiger partial charge in [-0.25, -0.2) is 0 Å². The zero-order valence-corrected chi connectivity index (χ0v) is 22.3. The predicted octanol–water partition coefficient (Wildman–Crippen LogP) is 8.64. The lowest BCUT2D eigenvalue weighted by atomic mass is 9.99. The van der Waals surface area contributed by atoms with Crippen molar-refractivity contribution in [2.75, 3.05) is 0 Å². The first-order valence-electron chi connectivity index (χ1n) is 13.9. The summed E-state index contributed by atoms with van der Waals surface area (Å²) in [4.78, 5) is 9.19. The van der Waals surface area contributed by atoms with Gasteiger partial charge in [0.1, 0.15) is 0 Å². The zero-order valence-electron chi connectivity index (χ0n) is 22.3. The molecule has 4 nitrogen and oxygen atoms in total. The highest BCUT2D eigenvalue weighted by molar-refractivity contribution is 6.08. The van der Waals surface area contributed by atoms with Gasteiger partial charge in [-0.1, -0.05) is 84.9 Å². The van der Waals surface area contributed by atoms with Crippen LogP contribution in [0.1, 0.15) is 17.3 Å². The molecule has 194 valence electrons. The molecule has 0 amide bonds. The summed E-state index contributed by atoms with van der Waals surface area (Å²) in [7, 11) is 0. The predicted molar refractivity (Wildman–Crippen MR) is 169 cm³/mol. The van der Waals surface area contributed by atoms with Crippen LogP contribution >= 0.6 is 0 Å². The van der Waals surface area contributed by atoms with Crippen molar-refractivity contribution >= 4 is 38.2 Å². The van der Waals surface area contributed by atoms with Crippen molar-refractivity contribution in [3.63, 3.8) is 0 Å². The van der Waals surface area contributed by atoms with Gasteiger partial charge in [-0.2, -0.15) is 0 Å². The highest BCUT2D eigenvalue weighted by atomic mass is 15.0. The second-order valence-electron chi connectivity index (χ2n) is 10.4. The SMILES string of the molecule is C1=CC(c2ccc(-c3ccc4ccccc4c3)cn2)NC=C1c1cccc(-n2c3ccccc3c3cnccc32)c1. The van der Waals surface area contributed by atoms with E-state index in [1.165, 1.54) is 27.2 Å². The third-order valence-corrected chi connectivity index (χ3v) is 7.99. The minimum absolute atomic E-state index is 0.0254. The van der Waals surface area contributed by atoms with E-state index in [9.17, 15) is 0 Å². The van der Waals surface area contributed by atoms with Gasteiger partial charge in [0, 0.05) is 46.8 Å². The molecule has 1 N–H and O–H groups in total. The fourth-order valence-electron chi connectivity index (χ4n) is 5.89. The van der Waals surface area contributed by atoms with Gasteiger partial charge in [0.25, 0.3) is 0 Å². The van der Waals surface area contributed by atoms with Crippen LogP contribution < -0.4 is 5.32 Å². The van der Waals surface area contributed by atoms with Gasteiger partial charge in [-0.3, -0.25) is 9.97 Å². The number of hydrogen-bond acceptors (Lipinski definition) is 3. The van der Waals surface area contributed by atoms with Gasteiger partial charge in [0.15, 0.2) is 0 Å². The molecule has 0 saturated heterocycles. The van der Waals surface area contributed by atoms with Crippen LogP contribution in [0, 0.1) is 0 Å². The van der Waals surface area contributed by atoms with Crippen molar-refractivity contribution < 1.29 is 0 Å². The van der Waals surface area contributed by atoms with E-state index in [4.69, 9.17) is 4.98 Å². The normalized spacial score (nSPS) is 14.8. The largest absolute Gasteiger partial charge is 0.379 e. The molecular weight excluding hydrogens is 500 g/mol.